The van der Waals surface area contributed by atoms with Crippen molar-refractivity contribution in [1.29, 1.82) is 0 Å². The summed E-state index contributed by atoms with van der Waals surface area (Å²) in [5.41, 5.74) is 0. The Morgan fingerprint density at radius 2 is 1.26 bits per heavy atom. The third kappa shape index (κ3) is 2.79. The minimum absolute atomic E-state index is 0.0324. The van der Waals surface area contributed by atoms with Crippen LogP contribution in [0.25, 0.3) is 0 Å². The fraction of sp³-hybridized carbons (Fsp3) is 0. The first-order valence-electron chi connectivity index (χ1n) is 4.91. The van der Waals surface area contributed by atoms with Gasteiger partial charge in [-0.1, -0.05) is 46.4 Å². The van der Waals surface area contributed by atoms with Crippen molar-refractivity contribution in [3.05, 3.63) is 44.4 Å². The van der Waals surface area contributed by atoms with Gasteiger partial charge in [0.1, 0.15) is 0 Å². The number of halogens is 4. The molecule has 2 aromatic carbocycles. The molecule has 1 N–H and O–H groups in total. The lowest BCUT2D eigenvalue weighted by molar-refractivity contribution is 0.325. The van der Waals surface area contributed by atoms with Gasteiger partial charge in [0.05, 0.1) is 20.1 Å². The van der Waals surface area contributed by atoms with E-state index in [1.807, 2.05) is 0 Å². The molecule has 0 spiro atoms. The quantitative estimate of drug-likeness (QED) is 0.736. The Labute approximate surface area is 128 Å². The van der Waals surface area contributed by atoms with Crippen LogP contribution in [0.2, 0.25) is 20.1 Å². The zero-order valence-corrected chi connectivity index (χ0v) is 12.1. The van der Waals surface area contributed by atoms with Crippen LogP contribution >= 0.6 is 46.4 Å². The van der Waals surface area contributed by atoms with Crippen LogP contribution < -0.4 is 4.74 Å². The minimum Gasteiger partial charge on any atom is -0.503 e. The molecule has 2 rings (SSSR count). The van der Waals surface area contributed by atoms with Gasteiger partial charge in [0, 0.05) is 0 Å². The van der Waals surface area contributed by atoms with Crippen molar-refractivity contribution in [1.82, 2.24) is 0 Å². The second kappa shape index (κ2) is 5.55. The van der Waals surface area contributed by atoms with Gasteiger partial charge in [-0.2, -0.15) is 0 Å². The first-order valence-corrected chi connectivity index (χ1v) is 6.43. The molecule has 0 unspecified atom stereocenters. The van der Waals surface area contributed by atoms with Gasteiger partial charge in [0.25, 0.3) is 0 Å². The second-order valence-corrected chi connectivity index (χ2v) is 5.13. The molecule has 0 saturated heterocycles. The fourth-order valence-corrected chi connectivity index (χ4v) is 2.01. The van der Waals surface area contributed by atoms with E-state index in [0.717, 1.165) is 0 Å². The Bertz CT molecular complexity index is 588. The van der Waals surface area contributed by atoms with Crippen molar-refractivity contribution >= 4 is 46.4 Å². The van der Waals surface area contributed by atoms with Gasteiger partial charge < -0.3 is 9.84 Å². The van der Waals surface area contributed by atoms with Crippen LogP contribution in [0.15, 0.2) is 24.3 Å². The van der Waals surface area contributed by atoms with Crippen molar-refractivity contribution in [3.8, 4) is 23.0 Å². The van der Waals surface area contributed by atoms with Crippen LogP contribution in [-0.4, -0.2) is 5.11 Å². The summed E-state index contributed by atoms with van der Waals surface area (Å²) in [6.45, 7) is 0. The smallest absolute Gasteiger partial charge is 0.241 e. The first kappa shape index (κ1) is 14.4. The lowest BCUT2D eigenvalue weighted by Crippen LogP contribution is -1.89. The number of ether oxygens (including phenoxy) is 1. The highest BCUT2D eigenvalue weighted by Crippen LogP contribution is 2.48. The summed E-state index contributed by atoms with van der Waals surface area (Å²) in [6, 6.07) is 5.56. The topological polar surface area (TPSA) is 49.4 Å². The Hall–Kier alpha value is -1.00. The molecule has 0 atom stereocenters. The predicted octanol–water partition coefficient (Wildman–Crippen LogP) is 5.94. The first-order chi connectivity index (χ1) is 8.91. The SMILES string of the molecule is [O]c1c(Cl)ccc(Cl)c1Oc1c(Cl)ccc(Cl)c1O. The highest BCUT2D eigenvalue weighted by molar-refractivity contribution is 6.36. The summed E-state index contributed by atoms with van der Waals surface area (Å²) < 4.78 is 5.27. The molecule has 99 valence electrons. The number of hydrogen-bond donors (Lipinski definition) is 1. The molecule has 0 aliphatic carbocycles. The minimum atomic E-state index is -0.607. The van der Waals surface area contributed by atoms with Gasteiger partial charge in [0.15, 0.2) is 17.2 Å². The summed E-state index contributed by atoms with van der Waals surface area (Å²) in [5, 5.41) is 21.7. The predicted molar refractivity (Wildman–Crippen MR) is 74.8 cm³/mol. The zero-order chi connectivity index (χ0) is 14.2. The maximum atomic E-state index is 11.8. The maximum absolute atomic E-state index is 11.8. The molecular weight excluding hydrogens is 334 g/mol. The molecule has 0 aromatic heterocycles. The molecule has 0 fully saturated rings. The van der Waals surface area contributed by atoms with E-state index in [-0.39, 0.29) is 37.3 Å². The van der Waals surface area contributed by atoms with Crippen LogP contribution in [-0.2, 0) is 5.11 Å². The van der Waals surface area contributed by atoms with Crippen molar-refractivity contribution in [3.63, 3.8) is 0 Å². The van der Waals surface area contributed by atoms with Gasteiger partial charge in [-0.25, -0.2) is 0 Å². The van der Waals surface area contributed by atoms with Crippen LogP contribution in [0.3, 0.4) is 0 Å². The number of benzene rings is 2. The van der Waals surface area contributed by atoms with E-state index in [9.17, 15) is 10.2 Å². The monoisotopic (exact) mass is 337 g/mol. The third-order valence-corrected chi connectivity index (χ3v) is 3.45. The molecule has 3 nitrogen and oxygen atoms in total. The number of rotatable bonds is 2. The molecule has 0 aliphatic heterocycles. The Kier molecular flexibility index (Phi) is 4.21. The lowest BCUT2D eigenvalue weighted by atomic mass is 10.3. The molecule has 0 aliphatic rings. The van der Waals surface area contributed by atoms with Crippen molar-refractivity contribution in [2.45, 2.75) is 0 Å². The molecule has 2 aromatic rings. The number of phenolic OH excluding ortho intramolecular Hbond substituents is 1. The standard InChI is InChI=1S/C12H5Cl4O3/c13-5-1-3-7(15)11(9(5)17)19-12-8(16)4-2-6(14)10(12)18/h1-4,17H. The van der Waals surface area contributed by atoms with Crippen molar-refractivity contribution in [2.24, 2.45) is 0 Å². The number of aromatic hydroxyl groups is 1. The molecular formula is C12H5Cl4O3. The summed E-state index contributed by atoms with van der Waals surface area (Å²) >= 11 is 23.2. The molecule has 0 heterocycles. The van der Waals surface area contributed by atoms with E-state index in [2.05, 4.69) is 0 Å². The second-order valence-electron chi connectivity index (χ2n) is 3.50. The Morgan fingerprint density at radius 1 is 0.789 bits per heavy atom. The third-order valence-electron chi connectivity index (χ3n) is 2.25. The molecule has 0 amide bonds. The molecule has 1 radical (unpaired) electrons. The largest absolute Gasteiger partial charge is 0.503 e. The fourth-order valence-electron chi connectivity index (χ4n) is 1.33. The van der Waals surface area contributed by atoms with E-state index >= 15 is 0 Å². The van der Waals surface area contributed by atoms with E-state index in [0.29, 0.717) is 0 Å². The zero-order valence-electron chi connectivity index (χ0n) is 9.08. The van der Waals surface area contributed by atoms with Gasteiger partial charge in [-0.3, -0.25) is 5.11 Å². The van der Waals surface area contributed by atoms with Crippen molar-refractivity contribution < 1.29 is 14.9 Å². The average Bonchev–Trinajstić information content (AvgIpc) is 2.38. The van der Waals surface area contributed by atoms with Crippen LogP contribution in [0.5, 0.6) is 23.0 Å². The van der Waals surface area contributed by atoms with Gasteiger partial charge in [-0.05, 0) is 24.3 Å². The van der Waals surface area contributed by atoms with Crippen LogP contribution in [0.4, 0.5) is 0 Å². The van der Waals surface area contributed by atoms with Crippen LogP contribution in [0, 0.1) is 0 Å². The molecule has 0 saturated carbocycles. The van der Waals surface area contributed by atoms with E-state index < -0.39 is 5.75 Å². The van der Waals surface area contributed by atoms with E-state index in [1.54, 1.807) is 0 Å². The van der Waals surface area contributed by atoms with Gasteiger partial charge >= 0.3 is 0 Å². The van der Waals surface area contributed by atoms with E-state index in [4.69, 9.17) is 51.1 Å². The summed E-state index contributed by atoms with van der Waals surface area (Å²) in [6.07, 6.45) is 0. The highest BCUT2D eigenvalue weighted by Gasteiger charge is 2.19. The van der Waals surface area contributed by atoms with Gasteiger partial charge in [0.2, 0.25) is 5.75 Å². The molecule has 19 heavy (non-hydrogen) atoms. The normalized spacial score (nSPS) is 10.5. The van der Waals surface area contributed by atoms with E-state index in [1.165, 1.54) is 24.3 Å². The number of phenols is 1. The summed E-state index contributed by atoms with van der Waals surface area (Å²) in [5.74, 6) is -1.38. The maximum Gasteiger partial charge on any atom is 0.241 e. The summed E-state index contributed by atoms with van der Waals surface area (Å²) in [7, 11) is 0. The lowest BCUT2D eigenvalue weighted by Gasteiger charge is -2.12. The van der Waals surface area contributed by atoms with Crippen LogP contribution in [0.1, 0.15) is 0 Å². The average molecular weight is 339 g/mol. The number of hydrogen-bond acceptors (Lipinski definition) is 2. The van der Waals surface area contributed by atoms with Crippen molar-refractivity contribution in [2.75, 3.05) is 0 Å². The Morgan fingerprint density at radius 3 is 1.89 bits per heavy atom. The Balaban J connectivity index is 2.54. The molecule has 7 heteroatoms. The molecule has 0 bridgehead atoms. The highest BCUT2D eigenvalue weighted by atomic mass is 35.5. The van der Waals surface area contributed by atoms with Gasteiger partial charge in [-0.15, -0.1) is 0 Å². The summed E-state index contributed by atoms with van der Waals surface area (Å²) in [4.78, 5) is 0.